The number of rotatable bonds is 8. The molecule has 2 rings (SSSR count). The summed E-state index contributed by atoms with van der Waals surface area (Å²) in [4.78, 5) is 2.57. The minimum absolute atomic E-state index is 0.657. The van der Waals surface area contributed by atoms with Crippen LogP contribution < -0.4 is 10.1 Å². The van der Waals surface area contributed by atoms with E-state index in [1.807, 2.05) is 6.92 Å². The maximum Gasteiger partial charge on any atom is 0.123 e. The van der Waals surface area contributed by atoms with Crippen molar-refractivity contribution in [1.29, 1.82) is 0 Å². The molecule has 0 saturated carbocycles. The van der Waals surface area contributed by atoms with Gasteiger partial charge in [-0.15, -0.1) is 0 Å². The fourth-order valence-corrected chi connectivity index (χ4v) is 3.11. The van der Waals surface area contributed by atoms with Gasteiger partial charge in [-0.3, -0.25) is 4.90 Å². The van der Waals surface area contributed by atoms with Crippen LogP contribution in [-0.4, -0.2) is 37.2 Å². The van der Waals surface area contributed by atoms with Crippen LogP contribution in [0.4, 0.5) is 0 Å². The molecule has 1 N–H and O–H groups in total. The van der Waals surface area contributed by atoms with Crippen molar-refractivity contribution in [1.82, 2.24) is 10.2 Å². The zero-order chi connectivity index (χ0) is 14.9. The molecule has 1 unspecified atom stereocenters. The molecule has 0 aliphatic carbocycles. The summed E-state index contributed by atoms with van der Waals surface area (Å²) in [6.45, 7) is 9.51. The van der Waals surface area contributed by atoms with Crippen molar-refractivity contribution in [2.24, 2.45) is 0 Å². The molecule has 1 aromatic carbocycles. The molecule has 1 saturated heterocycles. The van der Waals surface area contributed by atoms with Crippen molar-refractivity contribution in [3.8, 4) is 5.75 Å². The number of hydrogen-bond acceptors (Lipinski definition) is 3. The number of piperidine rings is 1. The second-order valence-corrected chi connectivity index (χ2v) is 5.92. The number of hydrogen-bond donors (Lipinski definition) is 1. The topological polar surface area (TPSA) is 24.5 Å². The smallest absolute Gasteiger partial charge is 0.123 e. The molecule has 3 heteroatoms. The minimum atomic E-state index is 0.657. The Morgan fingerprint density at radius 1 is 1.24 bits per heavy atom. The van der Waals surface area contributed by atoms with Gasteiger partial charge in [-0.05, 0) is 45.3 Å². The van der Waals surface area contributed by atoms with Gasteiger partial charge in [-0.25, -0.2) is 0 Å². The molecule has 1 aromatic rings. The highest BCUT2D eigenvalue weighted by atomic mass is 16.5. The maximum absolute atomic E-state index is 5.76. The van der Waals surface area contributed by atoms with Crippen molar-refractivity contribution in [3.05, 3.63) is 29.8 Å². The zero-order valence-electron chi connectivity index (χ0n) is 13.6. The van der Waals surface area contributed by atoms with Gasteiger partial charge in [-0.2, -0.15) is 0 Å². The van der Waals surface area contributed by atoms with E-state index >= 15 is 0 Å². The van der Waals surface area contributed by atoms with Gasteiger partial charge in [0.15, 0.2) is 0 Å². The van der Waals surface area contributed by atoms with Crippen molar-refractivity contribution in [3.63, 3.8) is 0 Å². The van der Waals surface area contributed by atoms with Crippen LogP contribution in [0.2, 0.25) is 0 Å². The summed E-state index contributed by atoms with van der Waals surface area (Å²) in [7, 11) is 0. The van der Waals surface area contributed by atoms with Crippen LogP contribution in [0, 0.1) is 0 Å². The average molecular weight is 290 g/mol. The van der Waals surface area contributed by atoms with E-state index in [9.17, 15) is 0 Å². The molecule has 3 nitrogen and oxygen atoms in total. The summed E-state index contributed by atoms with van der Waals surface area (Å²) in [5.74, 6) is 1.04. The summed E-state index contributed by atoms with van der Waals surface area (Å²) < 4.78 is 5.76. The molecule has 1 aliphatic heterocycles. The highest BCUT2D eigenvalue weighted by Gasteiger charge is 2.17. The first-order valence-electron chi connectivity index (χ1n) is 8.50. The van der Waals surface area contributed by atoms with Gasteiger partial charge in [-0.1, -0.05) is 31.5 Å². The summed E-state index contributed by atoms with van der Waals surface area (Å²) in [6, 6.07) is 9.11. The standard InChI is InChI=1S/C18H30N2O/c1-3-13-20(15-17-10-7-8-12-19-17)14-16-9-5-6-11-18(16)21-4-2/h5-6,9,11,17,19H,3-4,7-8,10,12-15H2,1-2H3. The molecule has 1 aliphatic rings. The Hall–Kier alpha value is -1.06. The third kappa shape index (κ3) is 5.33. The lowest BCUT2D eigenvalue weighted by molar-refractivity contribution is 0.213. The second kappa shape index (κ2) is 9.06. The quantitative estimate of drug-likeness (QED) is 0.794. The largest absolute Gasteiger partial charge is 0.494 e. The minimum Gasteiger partial charge on any atom is -0.494 e. The van der Waals surface area contributed by atoms with E-state index in [4.69, 9.17) is 4.74 Å². The zero-order valence-corrected chi connectivity index (χ0v) is 13.6. The molecule has 1 heterocycles. The first-order valence-corrected chi connectivity index (χ1v) is 8.50. The van der Waals surface area contributed by atoms with Crippen LogP contribution in [0.25, 0.3) is 0 Å². The Labute approximate surface area is 129 Å². The molecule has 0 radical (unpaired) electrons. The Kier molecular flexibility index (Phi) is 7.04. The lowest BCUT2D eigenvalue weighted by atomic mass is 10.0. The van der Waals surface area contributed by atoms with Gasteiger partial charge in [0.2, 0.25) is 0 Å². The Morgan fingerprint density at radius 3 is 2.81 bits per heavy atom. The van der Waals surface area contributed by atoms with Gasteiger partial charge in [0, 0.05) is 24.7 Å². The SMILES string of the molecule is CCCN(Cc1ccccc1OCC)CC1CCCCN1. The van der Waals surface area contributed by atoms with Gasteiger partial charge < -0.3 is 10.1 Å². The van der Waals surface area contributed by atoms with Crippen LogP contribution >= 0.6 is 0 Å². The molecule has 118 valence electrons. The lowest BCUT2D eigenvalue weighted by Gasteiger charge is -2.30. The van der Waals surface area contributed by atoms with Crippen LogP contribution in [0.1, 0.15) is 45.1 Å². The first kappa shape index (κ1) is 16.3. The van der Waals surface area contributed by atoms with Crippen LogP contribution in [0.3, 0.4) is 0 Å². The van der Waals surface area contributed by atoms with Crippen molar-refractivity contribution in [2.75, 3.05) is 26.2 Å². The van der Waals surface area contributed by atoms with Gasteiger partial charge in [0.1, 0.15) is 5.75 Å². The molecular formula is C18H30N2O. The van der Waals surface area contributed by atoms with Crippen molar-refractivity contribution >= 4 is 0 Å². The normalized spacial score (nSPS) is 18.9. The molecular weight excluding hydrogens is 260 g/mol. The van der Waals surface area contributed by atoms with E-state index in [2.05, 4.69) is 41.4 Å². The van der Waals surface area contributed by atoms with Gasteiger partial charge >= 0.3 is 0 Å². The Bertz CT molecular complexity index is 402. The van der Waals surface area contributed by atoms with Crippen LogP contribution in [0.5, 0.6) is 5.75 Å². The van der Waals surface area contributed by atoms with E-state index in [1.165, 1.54) is 37.8 Å². The predicted molar refractivity (Wildman–Crippen MR) is 88.8 cm³/mol. The second-order valence-electron chi connectivity index (χ2n) is 5.92. The summed E-state index contributed by atoms with van der Waals surface area (Å²) >= 11 is 0. The lowest BCUT2D eigenvalue weighted by Crippen LogP contribution is -2.43. The summed E-state index contributed by atoms with van der Waals surface area (Å²) in [5, 5.41) is 3.66. The van der Waals surface area contributed by atoms with Gasteiger partial charge in [0.25, 0.3) is 0 Å². The molecule has 1 atom stereocenters. The average Bonchev–Trinajstić information content (AvgIpc) is 2.51. The molecule has 0 bridgehead atoms. The molecule has 0 spiro atoms. The predicted octanol–water partition coefficient (Wildman–Crippen LogP) is 3.44. The van der Waals surface area contributed by atoms with Crippen molar-refractivity contribution in [2.45, 2.75) is 52.1 Å². The Morgan fingerprint density at radius 2 is 2.10 bits per heavy atom. The number of nitrogens with zero attached hydrogens (tertiary/aromatic N) is 1. The highest BCUT2D eigenvalue weighted by Crippen LogP contribution is 2.20. The third-order valence-electron chi connectivity index (χ3n) is 4.10. The van der Waals surface area contributed by atoms with Crippen LogP contribution in [0.15, 0.2) is 24.3 Å². The van der Waals surface area contributed by atoms with E-state index < -0.39 is 0 Å². The Balaban J connectivity index is 1.97. The molecule has 21 heavy (non-hydrogen) atoms. The molecule has 0 aromatic heterocycles. The third-order valence-corrected chi connectivity index (χ3v) is 4.10. The number of para-hydroxylation sites is 1. The maximum atomic E-state index is 5.76. The number of benzene rings is 1. The van der Waals surface area contributed by atoms with E-state index in [1.54, 1.807) is 0 Å². The number of ether oxygens (including phenoxy) is 1. The highest BCUT2D eigenvalue weighted by molar-refractivity contribution is 5.33. The number of nitrogens with one attached hydrogen (secondary N) is 1. The van der Waals surface area contributed by atoms with E-state index in [0.29, 0.717) is 6.04 Å². The van der Waals surface area contributed by atoms with E-state index in [-0.39, 0.29) is 0 Å². The molecule has 0 amide bonds. The van der Waals surface area contributed by atoms with Crippen LogP contribution in [-0.2, 0) is 6.54 Å². The summed E-state index contributed by atoms with van der Waals surface area (Å²) in [5.41, 5.74) is 1.31. The fraction of sp³-hybridized carbons (Fsp3) is 0.667. The van der Waals surface area contributed by atoms with Gasteiger partial charge in [0.05, 0.1) is 6.61 Å². The summed E-state index contributed by atoms with van der Waals surface area (Å²) in [6.07, 6.45) is 5.21. The molecule has 1 fully saturated rings. The first-order chi connectivity index (χ1) is 10.3. The van der Waals surface area contributed by atoms with E-state index in [0.717, 1.165) is 32.0 Å². The van der Waals surface area contributed by atoms with Crippen molar-refractivity contribution < 1.29 is 4.74 Å². The fourth-order valence-electron chi connectivity index (χ4n) is 3.11. The monoisotopic (exact) mass is 290 g/mol.